The molecule has 10 heteroatoms. The van der Waals surface area contributed by atoms with Crippen molar-refractivity contribution < 1.29 is 33.0 Å². The second kappa shape index (κ2) is 11.1. The maximum absolute atomic E-state index is 12.4. The van der Waals surface area contributed by atoms with Crippen LogP contribution in [0.2, 0.25) is 0 Å². The number of benzene rings is 2. The summed E-state index contributed by atoms with van der Waals surface area (Å²) < 4.78 is 32.7. The molecule has 1 aromatic heterocycles. The number of carboxylic acids is 1. The zero-order valence-electron chi connectivity index (χ0n) is 17.7. The maximum atomic E-state index is 12.4. The van der Waals surface area contributed by atoms with E-state index in [1.807, 2.05) is 62.4 Å². The number of rotatable bonds is 5. The summed E-state index contributed by atoms with van der Waals surface area (Å²) in [6.07, 6.45) is -3.00. The Labute approximate surface area is 196 Å². The minimum absolute atomic E-state index is 0.0477. The van der Waals surface area contributed by atoms with Crippen molar-refractivity contribution in [2.24, 2.45) is 5.92 Å². The molecule has 1 atom stereocenters. The number of halogens is 4. The first-order valence-corrected chi connectivity index (χ1v) is 10.6. The first-order chi connectivity index (χ1) is 15.4. The van der Waals surface area contributed by atoms with Gasteiger partial charge in [-0.1, -0.05) is 60.1 Å². The molecular formula is C23H22BrF3N2O4. The molecule has 1 unspecified atom stereocenters. The van der Waals surface area contributed by atoms with Gasteiger partial charge in [0, 0.05) is 28.0 Å². The van der Waals surface area contributed by atoms with Gasteiger partial charge in [-0.3, -0.25) is 9.78 Å². The Bertz CT molecular complexity index is 1120. The molecule has 0 aliphatic carbocycles. The molecule has 3 rings (SSSR count). The molecule has 0 bridgehead atoms. The lowest BCUT2D eigenvalue weighted by Gasteiger charge is -2.22. The summed E-state index contributed by atoms with van der Waals surface area (Å²) in [5.41, 5.74) is 2.07. The summed E-state index contributed by atoms with van der Waals surface area (Å²) in [6, 6.07) is 14.8. The number of carbonyl (C=O) groups excluding carboxylic acids is 1. The molecule has 176 valence electrons. The minimum atomic E-state index is -5.08. The number of phenolic OH excluding ortho intramolecular Hbond substituents is 1. The van der Waals surface area contributed by atoms with Crippen molar-refractivity contribution in [1.82, 2.24) is 10.3 Å². The first kappa shape index (κ1) is 26.1. The molecule has 3 N–H and O–H groups in total. The van der Waals surface area contributed by atoms with E-state index in [0.717, 1.165) is 15.4 Å². The van der Waals surface area contributed by atoms with E-state index in [1.165, 1.54) is 0 Å². The second-order valence-corrected chi connectivity index (χ2v) is 8.45. The zero-order valence-corrected chi connectivity index (χ0v) is 19.3. The molecule has 33 heavy (non-hydrogen) atoms. The van der Waals surface area contributed by atoms with Crippen LogP contribution in [0, 0.1) is 5.92 Å². The normalized spacial score (nSPS) is 12.1. The van der Waals surface area contributed by atoms with Gasteiger partial charge in [0.25, 0.3) is 0 Å². The number of pyridine rings is 1. The molecule has 2 aromatic carbocycles. The van der Waals surface area contributed by atoms with Crippen molar-refractivity contribution in [3.8, 4) is 5.75 Å². The van der Waals surface area contributed by atoms with Gasteiger partial charge in [-0.25, -0.2) is 4.79 Å². The van der Waals surface area contributed by atoms with Crippen molar-refractivity contribution in [2.75, 3.05) is 0 Å². The fraction of sp³-hybridized carbons (Fsp3) is 0.261. The Morgan fingerprint density at radius 3 is 2.24 bits per heavy atom. The lowest BCUT2D eigenvalue weighted by atomic mass is 9.96. The highest BCUT2D eigenvalue weighted by atomic mass is 79.9. The third kappa shape index (κ3) is 7.45. The monoisotopic (exact) mass is 526 g/mol. The Balaban J connectivity index is 0.000000479. The van der Waals surface area contributed by atoms with Crippen molar-refractivity contribution in [3.05, 3.63) is 70.3 Å². The minimum Gasteiger partial charge on any atom is -0.505 e. The van der Waals surface area contributed by atoms with Crippen molar-refractivity contribution in [2.45, 2.75) is 32.5 Å². The summed E-state index contributed by atoms with van der Waals surface area (Å²) in [5.74, 6) is -2.45. The molecule has 0 fully saturated rings. The van der Waals surface area contributed by atoms with Gasteiger partial charge in [0.15, 0.2) is 0 Å². The Hall–Kier alpha value is -3.14. The summed E-state index contributed by atoms with van der Waals surface area (Å²) in [7, 11) is 0. The lowest BCUT2D eigenvalue weighted by molar-refractivity contribution is -0.192. The van der Waals surface area contributed by atoms with Gasteiger partial charge in [0.2, 0.25) is 5.91 Å². The molecule has 6 nitrogen and oxygen atoms in total. The predicted octanol–water partition coefficient (Wildman–Crippen LogP) is 5.59. The third-order valence-corrected chi connectivity index (χ3v) is 4.96. The average Bonchev–Trinajstić information content (AvgIpc) is 2.73. The largest absolute Gasteiger partial charge is 0.505 e. The van der Waals surface area contributed by atoms with Crippen molar-refractivity contribution in [3.63, 3.8) is 0 Å². The van der Waals surface area contributed by atoms with Crippen LogP contribution in [0.25, 0.3) is 10.9 Å². The zero-order chi connectivity index (χ0) is 24.8. The van der Waals surface area contributed by atoms with E-state index in [1.54, 1.807) is 6.20 Å². The van der Waals surface area contributed by atoms with E-state index in [9.17, 15) is 23.1 Å². The van der Waals surface area contributed by atoms with E-state index in [4.69, 9.17) is 9.90 Å². The molecule has 0 saturated heterocycles. The number of phenols is 1. The number of nitrogens with one attached hydrogen (secondary N) is 1. The van der Waals surface area contributed by atoms with Crippen LogP contribution in [-0.2, 0) is 9.59 Å². The number of alkyl halides is 3. The number of carboxylic acid groups (broad SMARTS) is 1. The van der Waals surface area contributed by atoms with E-state index >= 15 is 0 Å². The van der Waals surface area contributed by atoms with Crippen LogP contribution in [0.1, 0.15) is 37.4 Å². The molecule has 1 amide bonds. The molecule has 0 aliphatic heterocycles. The molecule has 0 spiro atoms. The topological polar surface area (TPSA) is 99.5 Å². The fourth-order valence-electron chi connectivity index (χ4n) is 2.96. The number of nitrogens with zero attached hydrogens (tertiary/aromatic N) is 1. The predicted molar refractivity (Wildman–Crippen MR) is 121 cm³/mol. The average molecular weight is 527 g/mol. The molecular weight excluding hydrogens is 505 g/mol. The quantitative estimate of drug-likeness (QED) is 0.402. The van der Waals surface area contributed by atoms with Gasteiger partial charge in [0.05, 0.1) is 6.04 Å². The van der Waals surface area contributed by atoms with E-state index < -0.39 is 18.2 Å². The van der Waals surface area contributed by atoms with E-state index in [0.29, 0.717) is 17.5 Å². The van der Waals surface area contributed by atoms with Gasteiger partial charge >= 0.3 is 12.1 Å². The number of hydrogen-bond donors (Lipinski definition) is 3. The Morgan fingerprint density at radius 1 is 1.09 bits per heavy atom. The van der Waals surface area contributed by atoms with Gasteiger partial charge in [0.1, 0.15) is 11.3 Å². The standard InChI is InChI=1S/C21H21BrN2O2.C2HF3O2/c1-13(2)12-18(25)24-19(15-5-8-16(22)9-6-15)17-10-7-14-4-3-11-23-20(14)21(17)26;3-2(4,5)1(6)7/h3-11,13,19,26H,12H2,1-2H3,(H,24,25);(H,6,7). The van der Waals surface area contributed by atoms with Gasteiger partial charge in [-0.15, -0.1) is 0 Å². The van der Waals surface area contributed by atoms with Crippen molar-refractivity contribution >= 4 is 38.7 Å². The van der Waals surface area contributed by atoms with Crippen molar-refractivity contribution in [1.29, 1.82) is 0 Å². The Kier molecular flexibility index (Phi) is 8.81. The lowest BCUT2D eigenvalue weighted by Crippen LogP contribution is -2.30. The van der Waals surface area contributed by atoms with E-state index in [2.05, 4.69) is 26.2 Å². The number of aliphatic carboxylic acids is 1. The van der Waals surface area contributed by atoms with E-state index in [-0.39, 0.29) is 17.6 Å². The van der Waals surface area contributed by atoms with Gasteiger partial charge in [-0.05, 0) is 29.7 Å². The number of fused-ring (bicyclic) bond motifs is 1. The highest BCUT2D eigenvalue weighted by Gasteiger charge is 2.38. The number of hydrogen-bond acceptors (Lipinski definition) is 4. The summed E-state index contributed by atoms with van der Waals surface area (Å²) in [5, 5.41) is 21.9. The third-order valence-electron chi connectivity index (χ3n) is 4.43. The van der Waals surface area contributed by atoms with Crippen LogP contribution in [0.15, 0.2) is 59.2 Å². The van der Waals surface area contributed by atoms with Crippen LogP contribution in [0.5, 0.6) is 5.75 Å². The van der Waals surface area contributed by atoms with Crippen LogP contribution in [0.3, 0.4) is 0 Å². The SMILES string of the molecule is CC(C)CC(=O)NC(c1ccc(Br)cc1)c1ccc2cccnc2c1O.O=C(O)C(F)(F)F. The summed E-state index contributed by atoms with van der Waals surface area (Å²) in [4.78, 5) is 25.6. The van der Waals surface area contributed by atoms with Crippen LogP contribution >= 0.6 is 15.9 Å². The summed E-state index contributed by atoms with van der Waals surface area (Å²) >= 11 is 3.43. The second-order valence-electron chi connectivity index (χ2n) is 7.53. The molecule has 1 heterocycles. The number of amides is 1. The van der Waals surface area contributed by atoms with Crippen LogP contribution in [-0.4, -0.2) is 33.2 Å². The summed E-state index contributed by atoms with van der Waals surface area (Å²) in [6.45, 7) is 4.01. The first-order valence-electron chi connectivity index (χ1n) is 9.81. The fourth-order valence-corrected chi connectivity index (χ4v) is 3.23. The van der Waals surface area contributed by atoms with Crippen LogP contribution < -0.4 is 5.32 Å². The number of carbonyl (C=O) groups is 2. The molecule has 0 saturated carbocycles. The highest BCUT2D eigenvalue weighted by molar-refractivity contribution is 9.10. The van der Waals surface area contributed by atoms with Gasteiger partial charge < -0.3 is 15.5 Å². The molecule has 3 aromatic rings. The molecule has 0 aliphatic rings. The molecule has 0 radical (unpaired) electrons. The van der Waals surface area contributed by atoms with Crippen LogP contribution in [0.4, 0.5) is 13.2 Å². The smallest absolute Gasteiger partial charge is 0.490 e. The maximum Gasteiger partial charge on any atom is 0.490 e. The number of aromatic hydroxyl groups is 1. The van der Waals surface area contributed by atoms with Gasteiger partial charge in [-0.2, -0.15) is 13.2 Å². The Morgan fingerprint density at radius 2 is 1.70 bits per heavy atom. The number of aromatic nitrogens is 1. The highest BCUT2D eigenvalue weighted by Crippen LogP contribution is 2.35.